The summed E-state index contributed by atoms with van der Waals surface area (Å²) in [5.74, 6) is -1.34. The van der Waals surface area contributed by atoms with Gasteiger partial charge in [-0.25, -0.2) is 9.59 Å². The maximum atomic E-state index is 14.1. The first-order valence-electron chi connectivity index (χ1n) is 19.2. The lowest BCUT2D eigenvalue weighted by Crippen LogP contribution is -2.61. The highest BCUT2D eigenvalue weighted by Gasteiger charge is 2.48. The number of anilines is 2. The summed E-state index contributed by atoms with van der Waals surface area (Å²) < 4.78 is 18.8. The van der Waals surface area contributed by atoms with Crippen LogP contribution in [0.2, 0.25) is 0 Å². The van der Waals surface area contributed by atoms with Gasteiger partial charge in [0.1, 0.15) is 24.1 Å². The largest absolute Gasteiger partial charge is 0.479 e. The fourth-order valence-corrected chi connectivity index (χ4v) is 10.7. The second-order valence-electron chi connectivity index (χ2n) is 15.2. The molecule has 0 aliphatic carbocycles. The molecule has 1 fully saturated rings. The number of rotatable bonds is 13. The fourth-order valence-electron chi connectivity index (χ4n) is 8.17. The number of aliphatic hydroxyl groups excluding tert-OH is 3. The van der Waals surface area contributed by atoms with Gasteiger partial charge < -0.3 is 54.7 Å². The minimum atomic E-state index is -1.89. The molecule has 3 aliphatic heterocycles. The number of ether oxygens (including phenoxy) is 3. The maximum Gasteiger partial charge on any atom is 0.415 e. The first kappa shape index (κ1) is 43.3. The molecule has 1 saturated heterocycles. The van der Waals surface area contributed by atoms with Gasteiger partial charge >= 0.3 is 12.1 Å². The molecule has 7 atom stereocenters. The van der Waals surface area contributed by atoms with E-state index in [1.54, 1.807) is 36.0 Å². The predicted molar refractivity (Wildman–Crippen MR) is 226 cm³/mol. The van der Waals surface area contributed by atoms with E-state index in [4.69, 9.17) is 37.4 Å². The van der Waals surface area contributed by atoms with Crippen LogP contribution in [0.5, 0.6) is 11.5 Å². The van der Waals surface area contributed by atoms with E-state index in [0.29, 0.717) is 41.5 Å². The van der Waals surface area contributed by atoms with Gasteiger partial charge in [0.25, 0.3) is 0 Å². The van der Waals surface area contributed by atoms with E-state index in [1.165, 1.54) is 27.6 Å². The lowest BCUT2D eigenvalue weighted by atomic mass is 9.96. The number of benzene rings is 2. The van der Waals surface area contributed by atoms with Crippen LogP contribution in [0, 0.1) is 13.8 Å². The summed E-state index contributed by atoms with van der Waals surface area (Å²) in [4.78, 5) is 57.6. The van der Waals surface area contributed by atoms with Crippen molar-refractivity contribution in [2.24, 2.45) is 0 Å². The molecule has 0 spiro atoms. The molecular weight excluding hydrogens is 847 g/mol. The number of amides is 3. The molecule has 3 aliphatic rings. The second-order valence-corrected chi connectivity index (χ2v) is 17.5. The summed E-state index contributed by atoms with van der Waals surface area (Å²) in [6, 6.07) is 3.37. The van der Waals surface area contributed by atoms with Gasteiger partial charge in [0.05, 0.1) is 20.8 Å². The van der Waals surface area contributed by atoms with Gasteiger partial charge in [0.15, 0.2) is 11.9 Å². The van der Waals surface area contributed by atoms with Crippen molar-refractivity contribution in [3.63, 3.8) is 0 Å². The van der Waals surface area contributed by atoms with Gasteiger partial charge in [0, 0.05) is 92.6 Å². The van der Waals surface area contributed by atoms with Gasteiger partial charge in [0.2, 0.25) is 18.1 Å². The van der Waals surface area contributed by atoms with Crippen molar-refractivity contribution in [1.82, 2.24) is 10.2 Å². The number of carboxylic acids is 1. The molecule has 7 rings (SSSR count). The summed E-state index contributed by atoms with van der Waals surface area (Å²) in [5.41, 5.74) is 4.81. The van der Waals surface area contributed by atoms with Crippen LogP contribution in [0.25, 0.3) is 20.2 Å². The van der Waals surface area contributed by atoms with Gasteiger partial charge in [-0.3, -0.25) is 9.59 Å². The number of carbonyl (C=O) groups excluding carboxylic acids is 3. The van der Waals surface area contributed by atoms with Crippen molar-refractivity contribution >= 4 is 101 Å². The fraction of sp³-hybridized carbons (Fsp3) is 0.500. The zero-order valence-corrected chi connectivity index (χ0v) is 35.9. The highest BCUT2D eigenvalue weighted by atomic mass is 35.5. The summed E-state index contributed by atoms with van der Waals surface area (Å²) in [6.45, 7) is 5.53. The Bertz CT molecular complexity index is 2290. The number of aliphatic carboxylic acids is 1. The van der Waals surface area contributed by atoms with Crippen molar-refractivity contribution in [2.75, 3.05) is 61.8 Å². The molecule has 318 valence electrons. The number of aliphatic hydroxyl groups is 3. The zero-order valence-electron chi connectivity index (χ0n) is 32.8. The topological polar surface area (TPSA) is 199 Å². The number of thiophene rings is 2. The summed E-state index contributed by atoms with van der Waals surface area (Å²) in [7, 11) is 3.46. The molecule has 19 heteroatoms. The minimum Gasteiger partial charge on any atom is -0.479 e. The van der Waals surface area contributed by atoms with Crippen LogP contribution in [0.4, 0.5) is 16.2 Å². The number of hydrogen-bond donors (Lipinski definition) is 5. The first-order valence-corrected chi connectivity index (χ1v) is 22.0. The van der Waals surface area contributed by atoms with Crippen molar-refractivity contribution in [2.45, 2.75) is 75.7 Å². The number of fused-ring (bicyclic) bond motifs is 6. The molecule has 0 saturated carbocycles. The Kier molecular flexibility index (Phi) is 13.0. The summed E-state index contributed by atoms with van der Waals surface area (Å²) in [6.07, 6.45) is -9.25. The Morgan fingerprint density at radius 3 is 1.90 bits per heavy atom. The Balaban J connectivity index is 1.11. The number of nitrogens with zero attached hydrogens (tertiary/aromatic N) is 3. The lowest BCUT2D eigenvalue weighted by molar-refractivity contribution is -0.270. The first-order chi connectivity index (χ1) is 28.2. The Morgan fingerprint density at radius 2 is 1.39 bits per heavy atom. The summed E-state index contributed by atoms with van der Waals surface area (Å²) >= 11 is 15.8. The second kappa shape index (κ2) is 17.7. The third-order valence-corrected chi connectivity index (χ3v) is 14.2. The van der Waals surface area contributed by atoms with Crippen LogP contribution in [-0.4, -0.2) is 132 Å². The van der Waals surface area contributed by atoms with Crippen molar-refractivity contribution in [1.29, 1.82) is 0 Å². The molecule has 0 unspecified atom stereocenters. The molecule has 2 aromatic heterocycles. The van der Waals surface area contributed by atoms with E-state index in [2.05, 4.69) is 5.32 Å². The Labute approximate surface area is 357 Å². The number of nitrogens with one attached hydrogen (secondary N) is 1. The van der Waals surface area contributed by atoms with Gasteiger partial charge in [-0.1, -0.05) is 0 Å². The van der Waals surface area contributed by atoms with Gasteiger partial charge in [-0.05, 0) is 60.3 Å². The number of carboxylic acid groups (broad SMARTS) is 1. The van der Waals surface area contributed by atoms with Gasteiger partial charge in [-0.2, -0.15) is 0 Å². The van der Waals surface area contributed by atoms with Crippen LogP contribution in [0.3, 0.4) is 0 Å². The SMILES string of the molecule is CNCCN(C)C(=O)Oc1cc2c(c3c(C)csc13)[C@H](CCl)CN2C(=O)CCCC(=O)N1C[C@@H](CCl)c2c1cc(O[C@@H]1O[C@H](C(=O)O)[C@@H](O)[C@H](O)[C@H]1O)c1scc(C)c21. The molecular formula is C40H46Cl2N4O11S2. The molecule has 4 aromatic rings. The van der Waals surface area contributed by atoms with Crippen molar-refractivity contribution < 1.29 is 53.8 Å². The lowest BCUT2D eigenvalue weighted by Gasteiger charge is -2.38. The third-order valence-electron chi connectivity index (χ3n) is 11.2. The normalized spacial score (nSPS) is 23.8. The smallest absolute Gasteiger partial charge is 0.415 e. The van der Waals surface area contributed by atoms with Crippen LogP contribution in [-0.2, 0) is 19.1 Å². The number of carbonyl (C=O) groups is 4. The van der Waals surface area contributed by atoms with Crippen LogP contribution < -0.4 is 24.6 Å². The number of hydrogen-bond acceptors (Lipinski definition) is 13. The molecule has 5 N–H and O–H groups in total. The molecule has 0 bridgehead atoms. The molecule has 15 nitrogen and oxygen atoms in total. The zero-order chi connectivity index (χ0) is 42.4. The highest BCUT2D eigenvalue weighted by molar-refractivity contribution is 7.18. The molecule has 5 heterocycles. The monoisotopic (exact) mass is 892 g/mol. The summed E-state index contributed by atoms with van der Waals surface area (Å²) in [5, 5.41) is 49.5. The van der Waals surface area contributed by atoms with Crippen molar-refractivity contribution in [3.05, 3.63) is 45.1 Å². The predicted octanol–water partition coefficient (Wildman–Crippen LogP) is 4.86. The van der Waals surface area contributed by atoms with Crippen LogP contribution >= 0.6 is 45.9 Å². The number of likely N-dealkylation sites (N-methyl/N-ethyl adjacent to an activating group) is 2. The van der Waals surface area contributed by atoms with E-state index in [0.717, 1.165) is 37.7 Å². The quantitative estimate of drug-likeness (QED) is 0.115. The molecule has 0 radical (unpaired) electrons. The van der Waals surface area contributed by atoms with Crippen LogP contribution in [0.15, 0.2) is 22.9 Å². The number of halogens is 2. The average Bonchev–Trinajstić information content (AvgIpc) is 3.99. The van der Waals surface area contributed by atoms with E-state index in [-0.39, 0.29) is 67.0 Å². The Hall–Kier alpha value is -3.78. The minimum absolute atomic E-state index is 0.0238. The molecule has 2 aromatic carbocycles. The molecule has 59 heavy (non-hydrogen) atoms. The van der Waals surface area contributed by atoms with E-state index >= 15 is 0 Å². The third kappa shape index (κ3) is 7.97. The standard InChI is InChI=1S/C40H46Cl2N4O11S2/c1-18-16-58-36-24(55-39-34(51)32(49)33(50)35(57-39)38(52)53)10-22-30(28(18)36)20(12-41)14-45(22)26(47)6-5-7-27(48)46-15-21(13-42)31-23(46)11-25(37-29(31)19(2)17-59-37)56-40(54)44(4)9-8-43-3/h10-11,16-17,20-21,32-35,39,43,49-51H,5-9,12-15H2,1-4H3,(H,52,53)/t20-,21-,32+,33+,34-,35+,39-/m1/s1. The van der Waals surface area contributed by atoms with E-state index in [1.807, 2.05) is 24.6 Å². The van der Waals surface area contributed by atoms with E-state index < -0.39 is 42.8 Å². The maximum absolute atomic E-state index is 14.1. The Morgan fingerprint density at radius 1 is 0.864 bits per heavy atom. The van der Waals surface area contributed by atoms with Crippen LogP contribution in [0.1, 0.15) is 53.4 Å². The number of alkyl halides is 2. The highest BCUT2D eigenvalue weighted by Crippen LogP contribution is 2.51. The van der Waals surface area contributed by atoms with E-state index in [9.17, 15) is 39.6 Å². The van der Waals surface area contributed by atoms with Gasteiger partial charge in [-0.15, -0.1) is 45.9 Å². The average molecular weight is 894 g/mol. The molecule has 3 amide bonds. The van der Waals surface area contributed by atoms with Crippen molar-refractivity contribution in [3.8, 4) is 11.5 Å². The number of aryl methyl sites for hydroxylation is 2.